The standard InChI is InChI=1S/C34H42O8/c1-17(2)26-28(38)24(18(3)35)30(40)34(42)31(41)27-29(39)25-21(15-32(27,4)16-33(26,34)5)19(12-14-23(25)37)11-13-22(36)20-9-7-6-8-10-20/h12,14,17,20,24,26-27,37,42H,6-11,13,15-16H2,1-5H3/t24?,26?,27?,32-,33-,34+/m1/s1. The van der Waals surface area contributed by atoms with Crippen LogP contribution in [0.1, 0.15) is 101 Å². The summed E-state index contributed by atoms with van der Waals surface area (Å²) >= 11 is 0. The number of phenols is 1. The van der Waals surface area contributed by atoms with Crippen LogP contribution in [0.25, 0.3) is 0 Å². The summed E-state index contributed by atoms with van der Waals surface area (Å²) < 4.78 is 0. The molecule has 0 aromatic heterocycles. The molecule has 4 aliphatic carbocycles. The molecule has 1 aromatic carbocycles. The number of benzene rings is 1. The van der Waals surface area contributed by atoms with Gasteiger partial charge in [-0.05, 0) is 67.6 Å². The molecule has 226 valence electrons. The first-order valence-corrected chi connectivity index (χ1v) is 15.4. The highest BCUT2D eigenvalue weighted by Crippen LogP contribution is 2.63. The van der Waals surface area contributed by atoms with E-state index in [0.29, 0.717) is 18.4 Å². The number of aryl methyl sites for hydroxylation is 1. The largest absolute Gasteiger partial charge is 0.507 e. The van der Waals surface area contributed by atoms with E-state index in [0.717, 1.165) is 44.6 Å². The molecule has 4 aliphatic rings. The highest BCUT2D eigenvalue weighted by Gasteiger charge is 2.76. The molecule has 42 heavy (non-hydrogen) atoms. The predicted molar refractivity (Wildman–Crippen MR) is 153 cm³/mol. The summed E-state index contributed by atoms with van der Waals surface area (Å²) in [6.45, 7) is 7.96. The molecule has 0 heterocycles. The monoisotopic (exact) mass is 578 g/mol. The van der Waals surface area contributed by atoms with Crippen molar-refractivity contribution in [2.24, 2.45) is 40.4 Å². The molecule has 8 nitrogen and oxygen atoms in total. The van der Waals surface area contributed by atoms with Gasteiger partial charge in [-0.3, -0.25) is 28.8 Å². The Morgan fingerprint density at radius 3 is 2.24 bits per heavy atom. The second-order valence-electron chi connectivity index (χ2n) is 14.2. The third kappa shape index (κ3) is 4.19. The number of hydrogen-bond acceptors (Lipinski definition) is 8. The van der Waals surface area contributed by atoms with Gasteiger partial charge in [0.05, 0.1) is 11.5 Å². The zero-order chi connectivity index (χ0) is 30.9. The van der Waals surface area contributed by atoms with Gasteiger partial charge in [-0.1, -0.05) is 53.0 Å². The van der Waals surface area contributed by atoms with Crippen LogP contribution in [0.5, 0.6) is 5.75 Å². The maximum Gasteiger partial charge on any atom is 0.190 e. The number of carbonyl (C=O) groups excluding carboxylic acids is 6. The van der Waals surface area contributed by atoms with E-state index >= 15 is 0 Å². The van der Waals surface area contributed by atoms with Crippen LogP contribution in [0.2, 0.25) is 0 Å². The maximum absolute atomic E-state index is 14.3. The Balaban J connectivity index is 1.58. The minimum absolute atomic E-state index is 0.0106. The Morgan fingerprint density at radius 2 is 1.64 bits per heavy atom. The first-order valence-electron chi connectivity index (χ1n) is 15.4. The lowest BCUT2D eigenvalue weighted by Gasteiger charge is -2.61. The van der Waals surface area contributed by atoms with Crippen molar-refractivity contribution >= 4 is 34.7 Å². The van der Waals surface area contributed by atoms with Gasteiger partial charge >= 0.3 is 0 Å². The molecule has 5 rings (SSSR count). The van der Waals surface area contributed by atoms with Crippen molar-refractivity contribution in [2.45, 2.75) is 98.0 Å². The van der Waals surface area contributed by atoms with Crippen molar-refractivity contribution in [1.29, 1.82) is 0 Å². The van der Waals surface area contributed by atoms with Crippen molar-refractivity contribution < 1.29 is 39.0 Å². The minimum Gasteiger partial charge on any atom is -0.507 e. The number of aliphatic hydroxyl groups is 1. The van der Waals surface area contributed by atoms with Crippen LogP contribution in [-0.2, 0) is 36.8 Å². The van der Waals surface area contributed by atoms with Gasteiger partial charge < -0.3 is 10.2 Å². The summed E-state index contributed by atoms with van der Waals surface area (Å²) in [6, 6.07) is 3.13. The number of ketones is 6. The van der Waals surface area contributed by atoms with Gasteiger partial charge in [-0.2, -0.15) is 0 Å². The van der Waals surface area contributed by atoms with Crippen LogP contribution in [-0.4, -0.2) is 50.5 Å². The maximum atomic E-state index is 14.3. The van der Waals surface area contributed by atoms with Crippen LogP contribution in [0.3, 0.4) is 0 Å². The first kappa shape index (κ1) is 30.5. The molecule has 3 fully saturated rings. The van der Waals surface area contributed by atoms with Gasteiger partial charge in [0.2, 0.25) is 0 Å². The van der Waals surface area contributed by atoms with Crippen LogP contribution in [0.15, 0.2) is 12.1 Å². The van der Waals surface area contributed by atoms with E-state index in [1.165, 1.54) is 6.07 Å². The number of hydrogen-bond donors (Lipinski definition) is 2. The Kier molecular flexibility index (Phi) is 7.48. The van der Waals surface area contributed by atoms with Crippen molar-refractivity contribution in [3.05, 3.63) is 28.8 Å². The summed E-state index contributed by atoms with van der Waals surface area (Å²) in [4.78, 5) is 81.4. The molecular formula is C34H42O8. The quantitative estimate of drug-likeness (QED) is 0.479. The summed E-state index contributed by atoms with van der Waals surface area (Å²) in [7, 11) is 0. The molecular weight excluding hydrogens is 536 g/mol. The molecule has 0 amide bonds. The minimum atomic E-state index is -2.71. The van der Waals surface area contributed by atoms with Gasteiger partial charge in [-0.25, -0.2) is 0 Å². The molecule has 0 bridgehead atoms. The molecule has 2 N–H and O–H groups in total. The van der Waals surface area contributed by atoms with E-state index in [-0.39, 0.29) is 35.9 Å². The lowest BCUT2D eigenvalue weighted by molar-refractivity contribution is -0.205. The Hall–Kier alpha value is -3.00. The number of aromatic hydroxyl groups is 1. The van der Waals surface area contributed by atoms with Crippen molar-refractivity contribution in [2.75, 3.05) is 0 Å². The highest BCUT2D eigenvalue weighted by molar-refractivity contribution is 6.32. The third-order valence-corrected chi connectivity index (χ3v) is 11.1. The molecule has 0 radical (unpaired) electrons. The summed E-state index contributed by atoms with van der Waals surface area (Å²) in [6.07, 6.45) is 5.96. The smallest absolute Gasteiger partial charge is 0.190 e. The van der Waals surface area contributed by atoms with Crippen molar-refractivity contribution in [3.8, 4) is 5.75 Å². The van der Waals surface area contributed by atoms with Crippen molar-refractivity contribution in [3.63, 3.8) is 0 Å². The molecule has 0 saturated heterocycles. The fraction of sp³-hybridized carbons (Fsp3) is 0.647. The van der Waals surface area contributed by atoms with Gasteiger partial charge in [0.25, 0.3) is 0 Å². The van der Waals surface area contributed by atoms with E-state index in [1.54, 1.807) is 33.8 Å². The SMILES string of the molecule is CC(=O)C1C(=O)C(C(C)C)[C@@]2(C)C[C@@]3(C)Cc4c(CCC(=O)C5CCCCC5)ccc(O)c4C(=O)C3C(=O)[C@@]2(O)C1=O. The Bertz CT molecular complexity index is 1400. The fourth-order valence-corrected chi connectivity index (χ4v) is 9.32. The van der Waals surface area contributed by atoms with Crippen LogP contribution >= 0.6 is 0 Å². The van der Waals surface area contributed by atoms with Crippen LogP contribution in [0, 0.1) is 40.4 Å². The number of fused-ring (bicyclic) bond motifs is 3. The van der Waals surface area contributed by atoms with E-state index in [9.17, 15) is 39.0 Å². The van der Waals surface area contributed by atoms with E-state index in [2.05, 4.69) is 0 Å². The second kappa shape index (κ2) is 10.3. The Morgan fingerprint density at radius 1 is 1.00 bits per heavy atom. The van der Waals surface area contributed by atoms with Gasteiger partial charge in [0.1, 0.15) is 23.2 Å². The molecule has 3 unspecified atom stereocenters. The third-order valence-electron chi connectivity index (χ3n) is 11.1. The molecule has 6 atom stereocenters. The zero-order valence-corrected chi connectivity index (χ0v) is 25.2. The van der Waals surface area contributed by atoms with E-state index in [4.69, 9.17) is 0 Å². The van der Waals surface area contributed by atoms with Gasteiger partial charge in [0.15, 0.2) is 28.7 Å². The number of Topliss-reactive ketones (excluding diaryl/α,β-unsaturated/α-hetero) is 6. The Labute approximate surface area is 246 Å². The van der Waals surface area contributed by atoms with Crippen LogP contribution < -0.4 is 0 Å². The number of rotatable bonds is 6. The number of carbonyl (C=O) groups is 6. The topological polar surface area (TPSA) is 143 Å². The zero-order valence-electron chi connectivity index (χ0n) is 25.2. The lowest BCUT2D eigenvalue weighted by atomic mass is 9.40. The molecule has 3 saturated carbocycles. The van der Waals surface area contributed by atoms with Gasteiger partial charge in [0, 0.05) is 23.7 Å². The lowest BCUT2D eigenvalue weighted by Crippen LogP contribution is -2.76. The van der Waals surface area contributed by atoms with E-state index < -0.39 is 69.0 Å². The second-order valence-corrected chi connectivity index (χ2v) is 14.2. The van der Waals surface area contributed by atoms with Crippen LogP contribution in [0.4, 0.5) is 0 Å². The van der Waals surface area contributed by atoms with Crippen molar-refractivity contribution in [1.82, 2.24) is 0 Å². The first-order chi connectivity index (χ1) is 19.6. The van der Waals surface area contributed by atoms with E-state index in [1.807, 2.05) is 0 Å². The molecule has 1 aromatic rings. The average Bonchev–Trinajstić information content (AvgIpc) is 2.90. The molecule has 0 spiro atoms. The fourth-order valence-electron chi connectivity index (χ4n) is 9.32. The van der Waals surface area contributed by atoms with Gasteiger partial charge in [-0.15, -0.1) is 0 Å². The molecule has 8 heteroatoms. The summed E-state index contributed by atoms with van der Waals surface area (Å²) in [5.41, 5.74) is -4.00. The predicted octanol–water partition coefficient (Wildman–Crippen LogP) is 4.17. The average molecular weight is 579 g/mol. The summed E-state index contributed by atoms with van der Waals surface area (Å²) in [5, 5.41) is 22.9. The number of phenolic OH excluding ortho intramolecular Hbond substituents is 1. The normalized spacial score (nSPS) is 35.1. The highest BCUT2D eigenvalue weighted by atomic mass is 16.3. The summed E-state index contributed by atoms with van der Waals surface area (Å²) in [5.74, 6) is -8.76. The molecule has 0 aliphatic heterocycles.